The normalized spacial score (nSPS) is 14.3. The molecule has 6 nitrogen and oxygen atoms in total. The van der Waals surface area contributed by atoms with Crippen LogP contribution in [0.2, 0.25) is 5.02 Å². The third-order valence-electron chi connectivity index (χ3n) is 4.78. The highest BCUT2D eigenvalue weighted by Gasteiger charge is 2.30. The van der Waals surface area contributed by atoms with Gasteiger partial charge in [0.15, 0.2) is 0 Å². The van der Waals surface area contributed by atoms with E-state index in [1.165, 1.54) is 0 Å². The summed E-state index contributed by atoms with van der Waals surface area (Å²) in [5.74, 6) is -4.27. The van der Waals surface area contributed by atoms with E-state index in [1.54, 1.807) is 4.90 Å². The molecule has 0 radical (unpaired) electrons. The zero-order valence-electron chi connectivity index (χ0n) is 14.6. The van der Waals surface area contributed by atoms with E-state index < -0.39 is 34.4 Å². The molecule has 29 heavy (non-hydrogen) atoms. The van der Waals surface area contributed by atoms with Gasteiger partial charge in [-0.25, -0.2) is 18.0 Å². The van der Waals surface area contributed by atoms with E-state index >= 15 is 0 Å². The Morgan fingerprint density at radius 1 is 1.17 bits per heavy atom. The third-order valence-corrected chi connectivity index (χ3v) is 5.14. The summed E-state index contributed by atoms with van der Waals surface area (Å²) < 4.78 is 43.6. The van der Waals surface area contributed by atoms with E-state index in [0.717, 1.165) is 29.0 Å². The number of carboxylic acids is 1. The van der Waals surface area contributed by atoms with E-state index in [4.69, 9.17) is 17.3 Å². The first-order valence-electron chi connectivity index (χ1n) is 8.45. The van der Waals surface area contributed by atoms with Crippen LogP contribution in [0.15, 0.2) is 35.3 Å². The number of carbonyl (C=O) groups is 1. The van der Waals surface area contributed by atoms with Crippen LogP contribution in [0.25, 0.3) is 16.6 Å². The van der Waals surface area contributed by atoms with Gasteiger partial charge in [0.2, 0.25) is 5.43 Å². The lowest BCUT2D eigenvalue weighted by atomic mass is 10.0. The Hall–Kier alpha value is -3.04. The van der Waals surface area contributed by atoms with Gasteiger partial charge >= 0.3 is 5.97 Å². The van der Waals surface area contributed by atoms with Crippen LogP contribution < -0.4 is 16.1 Å². The van der Waals surface area contributed by atoms with E-state index in [9.17, 15) is 27.9 Å². The molecule has 1 aliphatic heterocycles. The zero-order chi connectivity index (χ0) is 21.0. The molecule has 1 aromatic heterocycles. The Balaban J connectivity index is 2.12. The number of halogens is 4. The smallest absolute Gasteiger partial charge is 0.341 e. The minimum absolute atomic E-state index is 0.0281. The number of pyridine rings is 1. The van der Waals surface area contributed by atoms with E-state index in [2.05, 4.69) is 0 Å². The lowest BCUT2D eigenvalue weighted by Crippen LogP contribution is -2.56. The van der Waals surface area contributed by atoms with Crippen LogP contribution >= 0.6 is 11.6 Å². The molecule has 0 amide bonds. The standard InChI is InChI=1S/C19H13ClF3N3O3/c20-15-16-10(4-13(23)17(15)25-5-9(24)6-25)18(27)11(19(28)29)7-26(16)14-2-1-8(21)3-12(14)22/h1-4,7,9H,5-6,24H2,(H,28,29). The number of hydrogen-bond donors (Lipinski definition) is 2. The number of rotatable bonds is 3. The van der Waals surface area contributed by atoms with Gasteiger partial charge in [-0.1, -0.05) is 11.6 Å². The van der Waals surface area contributed by atoms with Crippen LogP contribution in [0.5, 0.6) is 0 Å². The first-order chi connectivity index (χ1) is 13.7. The third kappa shape index (κ3) is 3.02. The monoisotopic (exact) mass is 423 g/mol. The highest BCUT2D eigenvalue weighted by molar-refractivity contribution is 6.38. The topological polar surface area (TPSA) is 88.6 Å². The maximum Gasteiger partial charge on any atom is 0.341 e. The second-order valence-electron chi connectivity index (χ2n) is 6.72. The number of benzene rings is 2. The van der Waals surface area contributed by atoms with Crippen LogP contribution in [-0.4, -0.2) is 34.8 Å². The molecule has 0 spiro atoms. The first kappa shape index (κ1) is 19.3. The minimum Gasteiger partial charge on any atom is -0.477 e. The van der Waals surface area contributed by atoms with Crippen LogP contribution in [0, 0.1) is 17.5 Å². The summed E-state index contributed by atoms with van der Waals surface area (Å²) in [6.07, 6.45) is 0.888. The number of nitrogens with zero attached hydrogens (tertiary/aromatic N) is 2. The molecule has 0 bridgehead atoms. The van der Waals surface area contributed by atoms with Crippen molar-refractivity contribution in [2.24, 2.45) is 5.73 Å². The van der Waals surface area contributed by atoms with Crippen molar-refractivity contribution in [2.75, 3.05) is 18.0 Å². The van der Waals surface area contributed by atoms with Crippen LogP contribution in [0.3, 0.4) is 0 Å². The fourth-order valence-electron chi connectivity index (χ4n) is 3.41. The number of nitrogens with two attached hydrogens (primary N) is 1. The molecule has 10 heteroatoms. The van der Waals surface area contributed by atoms with Gasteiger partial charge in [0.25, 0.3) is 0 Å². The van der Waals surface area contributed by atoms with Crippen LogP contribution in [-0.2, 0) is 0 Å². The number of anilines is 1. The van der Waals surface area contributed by atoms with Crippen molar-refractivity contribution in [1.29, 1.82) is 0 Å². The highest BCUT2D eigenvalue weighted by Crippen LogP contribution is 2.38. The summed E-state index contributed by atoms with van der Waals surface area (Å²) in [5, 5.41) is 8.80. The average molecular weight is 424 g/mol. The molecular formula is C19H13ClF3N3O3. The summed E-state index contributed by atoms with van der Waals surface area (Å²) in [5.41, 5.74) is 3.68. The van der Waals surface area contributed by atoms with E-state index in [0.29, 0.717) is 19.2 Å². The van der Waals surface area contributed by atoms with Gasteiger partial charge in [0.05, 0.1) is 27.3 Å². The largest absolute Gasteiger partial charge is 0.477 e. The van der Waals surface area contributed by atoms with Crippen molar-refractivity contribution >= 4 is 34.2 Å². The van der Waals surface area contributed by atoms with Crippen molar-refractivity contribution in [1.82, 2.24) is 4.57 Å². The number of aromatic nitrogens is 1. The SMILES string of the molecule is NC1CN(c2c(F)cc3c(=O)c(C(=O)O)cn(-c4ccc(F)cc4F)c3c2Cl)C1. The molecule has 2 aromatic carbocycles. The predicted octanol–water partition coefficient (Wildman–Crippen LogP) is 2.91. The maximum atomic E-state index is 14.8. The van der Waals surface area contributed by atoms with Crippen LogP contribution in [0.1, 0.15) is 10.4 Å². The molecule has 3 aromatic rings. The van der Waals surface area contributed by atoms with Crippen molar-refractivity contribution in [2.45, 2.75) is 6.04 Å². The molecule has 1 aliphatic rings. The quantitative estimate of drug-likeness (QED) is 0.676. The van der Waals surface area contributed by atoms with E-state index in [1.807, 2.05) is 0 Å². The Labute approximate surface area is 166 Å². The predicted molar refractivity (Wildman–Crippen MR) is 102 cm³/mol. The molecule has 0 saturated carbocycles. The Kier molecular flexibility index (Phi) is 4.51. The zero-order valence-corrected chi connectivity index (χ0v) is 15.4. The summed E-state index contributed by atoms with van der Waals surface area (Å²) in [6, 6.07) is 3.33. The lowest BCUT2D eigenvalue weighted by Gasteiger charge is -2.39. The molecule has 4 rings (SSSR count). The van der Waals surface area contributed by atoms with Gasteiger partial charge in [-0.05, 0) is 18.2 Å². The second kappa shape index (κ2) is 6.78. The lowest BCUT2D eigenvalue weighted by molar-refractivity contribution is 0.0695. The summed E-state index contributed by atoms with van der Waals surface area (Å²) in [4.78, 5) is 25.7. The molecule has 0 unspecified atom stereocenters. The second-order valence-corrected chi connectivity index (χ2v) is 7.10. The van der Waals surface area contributed by atoms with Crippen molar-refractivity contribution < 1.29 is 23.1 Å². The van der Waals surface area contributed by atoms with Gasteiger partial charge in [-0.15, -0.1) is 0 Å². The van der Waals surface area contributed by atoms with Crippen molar-refractivity contribution in [3.05, 3.63) is 68.7 Å². The summed E-state index contributed by atoms with van der Waals surface area (Å²) in [6.45, 7) is 0.648. The van der Waals surface area contributed by atoms with Gasteiger partial charge in [0, 0.05) is 31.4 Å². The minimum atomic E-state index is -1.58. The number of hydrogen-bond acceptors (Lipinski definition) is 4. The Morgan fingerprint density at radius 2 is 1.86 bits per heavy atom. The number of aromatic carboxylic acids is 1. The highest BCUT2D eigenvalue weighted by atomic mass is 35.5. The van der Waals surface area contributed by atoms with Crippen molar-refractivity contribution in [3.63, 3.8) is 0 Å². The molecular weight excluding hydrogens is 411 g/mol. The summed E-state index contributed by atoms with van der Waals surface area (Å²) >= 11 is 6.42. The molecule has 0 aliphatic carbocycles. The van der Waals surface area contributed by atoms with Gasteiger partial charge < -0.3 is 20.3 Å². The average Bonchev–Trinajstić information content (AvgIpc) is 2.61. The first-order valence-corrected chi connectivity index (χ1v) is 8.83. The fraction of sp³-hybridized carbons (Fsp3) is 0.158. The summed E-state index contributed by atoms with van der Waals surface area (Å²) in [7, 11) is 0. The van der Waals surface area contributed by atoms with Crippen LogP contribution in [0.4, 0.5) is 18.9 Å². The van der Waals surface area contributed by atoms with Gasteiger partial charge in [-0.3, -0.25) is 4.79 Å². The molecule has 3 N–H and O–H groups in total. The van der Waals surface area contributed by atoms with Gasteiger partial charge in [-0.2, -0.15) is 0 Å². The van der Waals surface area contributed by atoms with E-state index in [-0.39, 0.29) is 33.3 Å². The van der Waals surface area contributed by atoms with Gasteiger partial charge in [0.1, 0.15) is 23.0 Å². The number of fused-ring (bicyclic) bond motifs is 1. The molecule has 150 valence electrons. The molecule has 0 atom stereocenters. The Bertz CT molecular complexity index is 1240. The molecule has 1 saturated heterocycles. The fourth-order valence-corrected chi connectivity index (χ4v) is 3.81. The number of carboxylic acid groups (broad SMARTS) is 1. The molecule has 1 fully saturated rings. The molecule has 2 heterocycles. The van der Waals surface area contributed by atoms with Crippen molar-refractivity contribution in [3.8, 4) is 5.69 Å². The Morgan fingerprint density at radius 3 is 2.45 bits per heavy atom. The maximum absolute atomic E-state index is 14.8.